The standard InChI is InChI=1S/C22H34N2OS/c1-18-7-5-8-19(15-18)16-24-13-6-9-20(17-24)22(25)23-12-14-26-21-10-3-2-4-11-21/h5,7-8,15,20-21H,2-4,6,9-14,16-17H2,1H3,(H,23,25). The number of aryl methyl sites for hydroxylation is 1. The third kappa shape index (κ3) is 6.31. The molecule has 2 aliphatic rings. The minimum Gasteiger partial charge on any atom is -0.355 e. The van der Waals surface area contributed by atoms with Crippen LogP contribution in [-0.4, -0.2) is 41.4 Å². The summed E-state index contributed by atoms with van der Waals surface area (Å²) in [7, 11) is 0. The van der Waals surface area contributed by atoms with Crippen LogP contribution in [0, 0.1) is 12.8 Å². The zero-order chi connectivity index (χ0) is 18.2. The van der Waals surface area contributed by atoms with Crippen molar-refractivity contribution >= 4 is 17.7 Å². The summed E-state index contributed by atoms with van der Waals surface area (Å²) < 4.78 is 0. The molecule has 1 aromatic carbocycles. The zero-order valence-electron chi connectivity index (χ0n) is 16.2. The molecule has 1 unspecified atom stereocenters. The second kappa shape index (κ2) is 10.4. The van der Waals surface area contributed by atoms with E-state index in [1.54, 1.807) is 0 Å². The maximum Gasteiger partial charge on any atom is 0.224 e. The van der Waals surface area contributed by atoms with E-state index in [0.29, 0.717) is 0 Å². The van der Waals surface area contributed by atoms with Crippen molar-refractivity contribution in [2.24, 2.45) is 5.92 Å². The van der Waals surface area contributed by atoms with Gasteiger partial charge in [0, 0.05) is 30.6 Å². The lowest BCUT2D eigenvalue weighted by molar-refractivity contribution is -0.126. The molecular formula is C22H34N2OS. The second-order valence-corrected chi connectivity index (χ2v) is 9.39. The van der Waals surface area contributed by atoms with Gasteiger partial charge in [0.15, 0.2) is 0 Å². The maximum absolute atomic E-state index is 12.6. The monoisotopic (exact) mass is 374 g/mol. The average molecular weight is 375 g/mol. The largest absolute Gasteiger partial charge is 0.355 e. The lowest BCUT2D eigenvalue weighted by Crippen LogP contribution is -2.43. The highest BCUT2D eigenvalue weighted by molar-refractivity contribution is 7.99. The van der Waals surface area contributed by atoms with Gasteiger partial charge in [-0.25, -0.2) is 0 Å². The van der Waals surface area contributed by atoms with Crippen LogP contribution in [0.15, 0.2) is 24.3 Å². The van der Waals surface area contributed by atoms with E-state index in [1.165, 1.54) is 43.2 Å². The molecule has 1 saturated heterocycles. The third-order valence-electron chi connectivity index (χ3n) is 5.67. The lowest BCUT2D eigenvalue weighted by Gasteiger charge is -2.32. The molecule has 0 radical (unpaired) electrons. The Morgan fingerprint density at radius 2 is 2.04 bits per heavy atom. The SMILES string of the molecule is Cc1cccc(CN2CCCC(C(=O)NCCSC3CCCCC3)C2)c1. The lowest BCUT2D eigenvalue weighted by atomic mass is 9.96. The highest BCUT2D eigenvalue weighted by Gasteiger charge is 2.25. The van der Waals surface area contributed by atoms with Gasteiger partial charge >= 0.3 is 0 Å². The number of hydrogen-bond acceptors (Lipinski definition) is 3. The number of likely N-dealkylation sites (tertiary alicyclic amines) is 1. The van der Waals surface area contributed by atoms with Crippen LogP contribution >= 0.6 is 11.8 Å². The number of nitrogens with zero attached hydrogens (tertiary/aromatic N) is 1. The third-order valence-corrected chi connectivity index (χ3v) is 7.05. The van der Waals surface area contributed by atoms with Crippen molar-refractivity contribution < 1.29 is 4.79 Å². The minimum absolute atomic E-state index is 0.160. The number of carbonyl (C=O) groups is 1. The van der Waals surface area contributed by atoms with Crippen LogP contribution in [0.2, 0.25) is 0 Å². The van der Waals surface area contributed by atoms with Crippen molar-refractivity contribution in [3.63, 3.8) is 0 Å². The van der Waals surface area contributed by atoms with Crippen LogP contribution in [0.1, 0.15) is 56.1 Å². The summed E-state index contributed by atoms with van der Waals surface area (Å²) >= 11 is 2.06. The van der Waals surface area contributed by atoms with Crippen LogP contribution in [0.3, 0.4) is 0 Å². The Kier molecular flexibility index (Phi) is 7.87. The molecule has 1 atom stereocenters. The molecule has 0 bridgehead atoms. The number of amides is 1. The zero-order valence-corrected chi connectivity index (χ0v) is 17.0. The van der Waals surface area contributed by atoms with Gasteiger partial charge in [0.1, 0.15) is 0 Å². The van der Waals surface area contributed by atoms with E-state index in [2.05, 4.69) is 53.2 Å². The summed E-state index contributed by atoms with van der Waals surface area (Å²) in [6.07, 6.45) is 9.09. The van der Waals surface area contributed by atoms with Gasteiger partial charge in [-0.2, -0.15) is 11.8 Å². The van der Waals surface area contributed by atoms with E-state index in [4.69, 9.17) is 0 Å². The van der Waals surface area contributed by atoms with E-state index in [0.717, 1.165) is 50.0 Å². The van der Waals surface area contributed by atoms with Crippen LogP contribution in [0.4, 0.5) is 0 Å². The second-order valence-electron chi connectivity index (χ2n) is 7.99. The molecule has 1 amide bonds. The van der Waals surface area contributed by atoms with Crippen molar-refractivity contribution in [1.82, 2.24) is 10.2 Å². The molecule has 1 aliphatic heterocycles. The Labute approximate surface area is 163 Å². The molecule has 1 saturated carbocycles. The van der Waals surface area contributed by atoms with E-state index >= 15 is 0 Å². The quantitative estimate of drug-likeness (QED) is 0.719. The summed E-state index contributed by atoms with van der Waals surface area (Å²) in [4.78, 5) is 15.0. The van der Waals surface area contributed by atoms with Crippen molar-refractivity contribution in [3.05, 3.63) is 35.4 Å². The Hall–Kier alpha value is -1.00. The number of carbonyl (C=O) groups excluding carboxylic acids is 1. The van der Waals surface area contributed by atoms with Gasteiger partial charge in [-0.1, -0.05) is 49.1 Å². The van der Waals surface area contributed by atoms with E-state index < -0.39 is 0 Å². The molecule has 2 fully saturated rings. The van der Waals surface area contributed by atoms with E-state index in [9.17, 15) is 4.79 Å². The predicted molar refractivity (Wildman–Crippen MR) is 112 cm³/mol. The molecule has 3 nitrogen and oxygen atoms in total. The molecule has 3 rings (SSSR count). The molecule has 0 spiro atoms. The molecule has 1 aromatic rings. The van der Waals surface area contributed by atoms with Gasteiger partial charge in [0.05, 0.1) is 5.92 Å². The summed E-state index contributed by atoms with van der Waals surface area (Å²) in [5, 5.41) is 4.03. The predicted octanol–water partition coefficient (Wildman–Crippen LogP) is 4.39. The summed E-state index contributed by atoms with van der Waals surface area (Å²) in [6.45, 7) is 5.93. The molecule has 4 heteroatoms. The Bertz CT molecular complexity index is 571. The fourth-order valence-corrected chi connectivity index (χ4v) is 5.48. The fraction of sp³-hybridized carbons (Fsp3) is 0.682. The Morgan fingerprint density at radius 1 is 1.19 bits per heavy atom. The van der Waals surface area contributed by atoms with Gasteiger partial charge in [-0.05, 0) is 44.7 Å². The van der Waals surface area contributed by atoms with Crippen molar-refractivity contribution in [2.45, 2.75) is 63.7 Å². The summed E-state index contributed by atoms with van der Waals surface area (Å²) in [6, 6.07) is 8.72. The van der Waals surface area contributed by atoms with Crippen molar-refractivity contribution in [1.29, 1.82) is 0 Å². The summed E-state index contributed by atoms with van der Waals surface area (Å²) in [5.74, 6) is 1.49. The molecule has 1 heterocycles. The van der Waals surface area contributed by atoms with Gasteiger partial charge in [-0.3, -0.25) is 9.69 Å². The smallest absolute Gasteiger partial charge is 0.224 e. The van der Waals surface area contributed by atoms with Crippen LogP contribution < -0.4 is 5.32 Å². The normalized spacial score (nSPS) is 22.3. The minimum atomic E-state index is 0.160. The number of benzene rings is 1. The highest BCUT2D eigenvalue weighted by atomic mass is 32.2. The topological polar surface area (TPSA) is 32.3 Å². The van der Waals surface area contributed by atoms with E-state index in [-0.39, 0.29) is 11.8 Å². The molecular weight excluding hydrogens is 340 g/mol. The first kappa shape index (κ1) is 19.8. The first-order valence-electron chi connectivity index (χ1n) is 10.4. The van der Waals surface area contributed by atoms with Gasteiger partial charge in [-0.15, -0.1) is 0 Å². The number of piperidine rings is 1. The number of thioether (sulfide) groups is 1. The number of hydrogen-bond donors (Lipinski definition) is 1. The van der Waals surface area contributed by atoms with Crippen molar-refractivity contribution in [2.75, 3.05) is 25.4 Å². The molecule has 1 N–H and O–H groups in total. The first-order valence-corrected chi connectivity index (χ1v) is 11.4. The van der Waals surface area contributed by atoms with Gasteiger partial charge in [0.2, 0.25) is 5.91 Å². The van der Waals surface area contributed by atoms with E-state index in [1.807, 2.05) is 0 Å². The first-order chi connectivity index (χ1) is 12.7. The molecule has 26 heavy (non-hydrogen) atoms. The average Bonchev–Trinajstić information content (AvgIpc) is 2.66. The molecule has 144 valence electrons. The maximum atomic E-state index is 12.6. The number of nitrogens with one attached hydrogen (secondary N) is 1. The molecule has 1 aliphatic carbocycles. The van der Waals surface area contributed by atoms with Crippen LogP contribution in [-0.2, 0) is 11.3 Å². The Balaban J connectivity index is 1.37. The molecule has 0 aromatic heterocycles. The highest BCUT2D eigenvalue weighted by Crippen LogP contribution is 2.27. The van der Waals surface area contributed by atoms with Crippen LogP contribution in [0.5, 0.6) is 0 Å². The van der Waals surface area contributed by atoms with Crippen molar-refractivity contribution in [3.8, 4) is 0 Å². The van der Waals surface area contributed by atoms with Gasteiger partial charge in [0.25, 0.3) is 0 Å². The fourth-order valence-electron chi connectivity index (χ4n) is 4.26. The summed E-state index contributed by atoms with van der Waals surface area (Å²) in [5.41, 5.74) is 2.67. The van der Waals surface area contributed by atoms with Gasteiger partial charge < -0.3 is 5.32 Å². The van der Waals surface area contributed by atoms with Crippen LogP contribution in [0.25, 0.3) is 0 Å². The Morgan fingerprint density at radius 3 is 2.85 bits per heavy atom. The number of rotatable bonds is 7.